The highest BCUT2D eigenvalue weighted by Gasteiger charge is 2.29. The number of rotatable bonds is 73. The van der Waals surface area contributed by atoms with Crippen molar-refractivity contribution in [1.82, 2.24) is 0 Å². The molecule has 4 N–H and O–H groups in total. The number of phosphoric acid groups is 2. The molecule has 0 saturated heterocycles. The van der Waals surface area contributed by atoms with E-state index in [1.54, 1.807) is 0 Å². The van der Waals surface area contributed by atoms with Crippen LogP contribution < -0.4 is 0 Å². The molecule has 0 spiro atoms. The number of ether oxygens (including phenoxy) is 3. The normalized spacial score (nSPS) is 14.9. The molecule has 103 heavy (non-hydrogen) atoms. The zero-order chi connectivity index (χ0) is 75.2. The van der Waals surface area contributed by atoms with Gasteiger partial charge in [-0.1, -0.05) is 294 Å². The molecule has 5 unspecified atom stereocenters. The molecule has 0 rings (SSSR count). The van der Waals surface area contributed by atoms with Crippen molar-refractivity contribution in [3.63, 3.8) is 0 Å². The Morgan fingerprint density at radius 3 is 0.786 bits per heavy atom. The van der Waals surface area contributed by atoms with E-state index < -0.39 is 91.5 Å². The number of unbranched alkanes of at least 4 members (excludes halogenated alkanes) is 22. The summed E-state index contributed by atoms with van der Waals surface area (Å²) in [5.41, 5.74) is 0. The zero-order valence-electron chi connectivity index (χ0n) is 63.9. The molecular weight excluding hydrogens is 1340 g/mol. The number of phosphoric ester groups is 2. The second-order valence-corrected chi connectivity index (χ2v) is 28.6. The van der Waals surface area contributed by atoms with Gasteiger partial charge in [-0.15, -0.1) is 0 Å². The number of aliphatic hydroxyl groups excluding tert-OH is 2. The van der Waals surface area contributed by atoms with Crippen LogP contribution in [0, 0.1) is 0 Å². The van der Waals surface area contributed by atoms with Gasteiger partial charge in [0.15, 0.2) is 6.10 Å². The number of allylic oxidation sites excluding steroid dienone is 28. The highest BCUT2D eigenvalue weighted by Crippen LogP contribution is 2.45. The van der Waals surface area contributed by atoms with Gasteiger partial charge in [0.1, 0.15) is 25.4 Å². The molecule has 0 aromatic carbocycles. The molecule has 16 nitrogen and oxygen atoms in total. The van der Waals surface area contributed by atoms with Crippen molar-refractivity contribution in [3.05, 3.63) is 170 Å². The molecule has 0 aliphatic heterocycles. The summed E-state index contributed by atoms with van der Waals surface area (Å²) in [6, 6.07) is 0. The Balaban J connectivity index is 4.54. The van der Waals surface area contributed by atoms with E-state index in [2.05, 4.69) is 191 Å². The summed E-state index contributed by atoms with van der Waals surface area (Å²) in [5.74, 6) is -1.65. The molecule has 0 fully saturated rings. The topological polar surface area (TPSA) is 231 Å². The molecule has 0 aromatic heterocycles. The second-order valence-electron chi connectivity index (χ2n) is 25.7. The summed E-state index contributed by atoms with van der Waals surface area (Å²) in [4.78, 5) is 58.6. The second kappa shape index (κ2) is 76.6. The van der Waals surface area contributed by atoms with Gasteiger partial charge in [-0.05, 0) is 148 Å². The summed E-state index contributed by atoms with van der Waals surface area (Å²) in [5, 5.41) is 20.6. The van der Waals surface area contributed by atoms with Gasteiger partial charge in [0.25, 0.3) is 0 Å². The summed E-state index contributed by atoms with van der Waals surface area (Å²) in [7, 11) is -9.82. The van der Waals surface area contributed by atoms with Gasteiger partial charge in [-0.2, -0.15) is 0 Å². The van der Waals surface area contributed by atoms with Crippen LogP contribution in [0.15, 0.2) is 170 Å². The fraction of sp³-hybridized carbons (Fsp3) is 0.635. The van der Waals surface area contributed by atoms with Crippen molar-refractivity contribution >= 4 is 33.6 Å². The van der Waals surface area contributed by atoms with Gasteiger partial charge in [0.2, 0.25) is 0 Å². The highest BCUT2D eigenvalue weighted by molar-refractivity contribution is 7.47. The number of esters is 3. The molecule has 0 aliphatic rings. The third kappa shape index (κ3) is 77.8. The third-order valence-corrected chi connectivity index (χ3v) is 17.8. The van der Waals surface area contributed by atoms with E-state index in [1.807, 2.05) is 0 Å². The van der Waals surface area contributed by atoms with Gasteiger partial charge in [-0.25, -0.2) is 9.13 Å². The molecule has 586 valence electrons. The van der Waals surface area contributed by atoms with Crippen LogP contribution in [0.4, 0.5) is 0 Å². The molecule has 0 radical (unpaired) electrons. The molecule has 0 heterocycles. The van der Waals surface area contributed by atoms with Crippen molar-refractivity contribution in [3.8, 4) is 0 Å². The summed E-state index contributed by atoms with van der Waals surface area (Å²) < 4.78 is 61.1. The van der Waals surface area contributed by atoms with Crippen LogP contribution in [0.5, 0.6) is 0 Å². The molecule has 0 aliphatic carbocycles. The van der Waals surface area contributed by atoms with Crippen LogP contribution in [0.2, 0.25) is 0 Å². The van der Waals surface area contributed by atoms with Gasteiger partial charge in [0, 0.05) is 19.3 Å². The molecule has 0 aromatic rings. The average molecular weight is 1480 g/mol. The number of carbonyl (C=O) groups is 3. The van der Waals surface area contributed by atoms with Crippen LogP contribution in [0.25, 0.3) is 0 Å². The highest BCUT2D eigenvalue weighted by atomic mass is 31.2. The molecule has 18 heteroatoms. The van der Waals surface area contributed by atoms with Gasteiger partial charge in [0.05, 0.1) is 26.4 Å². The maximum atomic E-state index is 13.0. The quantitative estimate of drug-likeness (QED) is 0.0146. The van der Waals surface area contributed by atoms with Crippen molar-refractivity contribution in [2.45, 2.75) is 309 Å². The minimum atomic E-state index is -4.95. The van der Waals surface area contributed by atoms with Crippen LogP contribution in [0.3, 0.4) is 0 Å². The largest absolute Gasteiger partial charge is 0.472 e. The van der Waals surface area contributed by atoms with Crippen LogP contribution in [-0.2, 0) is 55.8 Å². The Hall–Kier alpha value is -5.09. The van der Waals surface area contributed by atoms with Crippen molar-refractivity contribution in [2.75, 3.05) is 39.6 Å². The lowest BCUT2D eigenvalue weighted by atomic mass is 10.0. The van der Waals surface area contributed by atoms with Crippen LogP contribution in [0.1, 0.15) is 290 Å². The third-order valence-electron chi connectivity index (χ3n) is 15.9. The first-order valence-electron chi connectivity index (χ1n) is 39.4. The summed E-state index contributed by atoms with van der Waals surface area (Å²) in [6.45, 7) is 2.26. The van der Waals surface area contributed by atoms with E-state index in [9.17, 15) is 43.5 Å². The Labute approximate surface area is 624 Å². The maximum Gasteiger partial charge on any atom is 0.472 e. The van der Waals surface area contributed by atoms with Gasteiger partial charge < -0.3 is 34.2 Å². The van der Waals surface area contributed by atoms with Crippen LogP contribution in [-0.4, -0.2) is 95.9 Å². The Kier molecular flexibility index (Phi) is 72.8. The number of aliphatic hydroxyl groups is 2. The monoisotopic (exact) mass is 1480 g/mol. The van der Waals surface area contributed by atoms with E-state index in [1.165, 1.54) is 77.0 Å². The SMILES string of the molecule is CC/C=C\C/C=C\C/C=C\C/C=C\C/C=C\C/C=C\CCCCC(=O)OCC(COP(=O)(O)OCC(O)COP(=O)(O)OCC(O)COC(=O)CCCCCCCCCCCCCCCCC/C=C\C/C=C\C/C=C\C/C=C\C/C=C\CC)OC(=O)CCCCCCC/C=C\C/C=C\C/C=C\CC. The lowest BCUT2D eigenvalue weighted by Gasteiger charge is -2.21. The standard InChI is InChI=1S/C85H140O16P2/c1-4-7-10-13-16-19-22-25-28-30-32-34-35-36-37-38-39-40-41-42-43-45-47-48-51-53-56-59-62-65-68-71-83(88)95-74-80(86)75-97-102(91,92)98-76-81(87)77-99-103(93,94)100-79-82(101-85(90)73-70-67-64-61-58-55-50-27-24-21-18-15-12-9-6-3)78-96-84(89)72-69-66-63-60-57-54-52-49-46-44-33-31-29-26-23-20-17-14-11-8-5-2/h7-12,16-21,25-29,32-34,36-37,44,49-50,52,57,60,80-82,86-87H,4-6,13-15,22-24,30-31,35,38-43,45-48,51,53-56,58-59,61-79H2,1-3H3,(H,91,92)(H,93,94)/b10-7-,11-8-,12-9-,19-16-,20-17-,21-18-,28-25-,29-26-,34-32-,37-36-,44-33-,50-27-,52-49-,60-57-. The van der Waals surface area contributed by atoms with Crippen molar-refractivity contribution in [2.24, 2.45) is 0 Å². The number of hydrogen-bond acceptors (Lipinski definition) is 14. The molecule has 5 atom stereocenters. The lowest BCUT2D eigenvalue weighted by Crippen LogP contribution is -2.30. The zero-order valence-corrected chi connectivity index (χ0v) is 65.7. The van der Waals surface area contributed by atoms with Gasteiger partial charge in [-0.3, -0.25) is 32.5 Å². The fourth-order valence-corrected chi connectivity index (χ4v) is 11.6. The minimum absolute atomic E-state index is 0.0696. The smallest absolute Gasteiger partial charge is 0.463 e. The average Bonchev–Trinajstić information content (AvgIpc) is 0.924. The Morgan fingerprint density at radius 1 is 0.272 bits per heavy atom. The molecule has 0 amide bonds. The van der Waals surface area contributed by atoms with Gasteiger partial charge >= 0.3 is 33.6 Å². The summed E-state index contributed by atoms with van der Waals surface area (Å²) in [6.07, 6.45) is 97.0. The van der Waals surface area contributed by atoms with Crippen molar-refractivity contribution < 1.29 is 75.8 Å². The first kappa shape index (κ1) is 97.9. The van der Waals surface area contributed by atoms with E-state index in [0.717, 1.165) is 154 Å². The predicted molar refractivity (Wildman–Crippen MR) is 426 cm³/mol. The lowest BCUT2D eigenvalue weighted by molar-refractivity contribution is -0.161. The van der Waals surface area contributed by atoms with E-state index in [4.69, 9.17) is 32.3 Å². The number of carbonyl (C=O) groups excluding carboxylic acids is 3. The van der Waals surface area contributed by atoms with E-state index in [0.29, 0.717) is 19.3 Å². The first-order chi connectivity index (χ1) is 50.2. The van der Waals surface area contributed by atoms with E-state index >= 15 is 0 Å². The van der Waals surface area contributed by atoms with Crippen LogP contribution >= 0.6 is 15.6 Å². The van der Waals surface area contributed by atoms with Crippen molar-refractivity contribution in [1.29, 1.82) is 0 Å². The maximum absolute atomic E-state index is 13.0. The fourth-order valence-electron chi connectivity index (χ4n) is 10.0. The Morgan fingerprint density at radius 2 is 0.485 bits per heavy atom. The van der Waals surface area contributed by atoms with E-state index in [-0.39, 0.29) is 19.3 Å². The predicted octanol–water partition coefficient (Wildman–Crippen LogP) is 23.2. The summed E-state index contributed by atoms with van der Waals surface area (Å²) >= 11 is 0. The molecule has 0 saturated carbocycles. The first-order valence-corrected chi connectivity index (χ1v) is 42.4. The number of hydrogen-bond donors (Lipinski definition) is 4. The Bertz CT molecular complexity index is 2550. The molecular formula is C85H140O16P2. The molecule has 0 bridgehead atoms. The minimum Gasteiger partial charge on any atom is -0.463 e.